The van der Waals surface area contributed by atoms with Gasteiger partial charge in [-0.15, -0.1) is 0 Å². The lowest BCUT2D eigenvalue weighted by Crippen LogP contribution is -2.43. The van der Waals surface area contributed by atoms with E-state index in [1.54, 1.807) is 30.3 Å². The van der Waals surface area contributed by atoms with Crippen LogP contribution in [0.5, 0.6) is 5.75 Å². The van der Waals surface area contributed by atoms with E-state index >= 15 is 0 Å². The van der Waals surface area contributed by atoms with E-state index in [0.29, 0.717) is 29.3 Å². The van der Waals surface area contributed by atoms with Crippen molar-refractivity contribution < 1.29 is 26.8 Å². The van der Waals surface area contributed by atoms with Crippen molar-refractivity contribution in [3.63, 3.8) is 0 Å². The molecule has 0 aliphatic carbocycles. The number of rotatable bonds is 7. The van der Waals surface area contributed by atoms with E-state index in [2.05, 4.69) is 0 Å². The molecule has 0 radical (unpaired) electrons. The molecule has 1 fully saturated rings. The number of aryl methyl sites for hydroxylation is 1. The van der Waals surface area contributed by atoms with E-state index in [9.17, 15) is 17.6 Å². The summed E-state index contributed by atoms with van der Waals surface area (Å²) in [6.45, 7) is 1.85. The Morgan fingerprint density at radius 2 is 1.94 bits per heavy atom. The van der Waals surface area contributed by atoms with Crippen molar-refractivity contribution in [2.75, 3.05) is 18.1 Å². The van der Waals surface area contributed by atoms with Gasteiger partial charge in [0.1, 0.15) is 23.1 Å². The van der Waals surface area contributed by atoms with Gasteiger partial charge < -0.3 is 14.1 Å². The summed E-state index contributed by atoms with van der Waals surface area (Å²) in [5.41, 5.74) is 1.72. The molecule has 4 rings (SSSR count). The monoisotopic (exact) mass is 457 g/mol. The second-order valence-electron chi connectivity index (χ2n) is 7.96. The summed E-state index contributed by atoms with van der Waals surface area (Å²) in [4.78, 5) is 14.6. The van der Waals surface area contributed by atoms with E-state index in [4.69, 9.17) is 9.15 Å². The van der Waals surface area contributed by atoms with Gasteiger partial charge in [-0.3, -0.25) is 4.79 Å². The molecule has 1 atom stereocenters. The van der Waals surface area contributed by atoms with Gasteiger partial charge in [-0.05, 0) is 67.4 Å². The zero-order valence-corrected chi connectivity index (χ0v) is 18.5. The van der Waals surface area contributed by atoms with Gasteiger partial charge in [0.15, 0.2) is 16.4 Å². The van der Waals surface area contributed by atoms with E-state index < -0.39 is 15.9 Å². The molecule has 1 aromatic heterocycles. The van der Waals surface area contributed by atoms with Gasteiger partial charge in [0.2, 0.25) is 0 Å². The summed E-state index contributed by atoms with van der Waals surface area (Å²) in [5, 5.41) is 0. The first-order chi connectivity index (χ1) is 15.3. The van der Waals surface area contributed by atoms with Crippen molar-refractivity contribution in [2.45, 2.75) is 25.9 Å². The van der Waals surface area contributed by atoms with Crippen LogP contribution in [0, 0.1) is 12.7 Å². The van der Waals surface area contributed by atoms with Crippen LogP contribution < -0.4 is 4.74 Å². The third-order valence-electron chi connectivity index (χ3n) is 5.44. The highest BCUT2D eigenvalue weighted by atomic mass is 32.2. The van der Waals surface area contributed by atoms with Crippen molar-refractivity contribution in [1.29, 1.82) is 0 Å². The summed E-state index contributed by atoms with van der Waals surface area (Å²) in [5.74, 6) is 0.962. The normalized spacial score (nSPS) is 17.2. The zero-order chi connectivity index (χ0) is 22.7. The highest BCUT2D eigenvalue weighted by Gasteiger charge is 2.35. The summed E-state index contributed by atoms with van der Waals surface area (Å²) >= 11 is 0. The number of carbonyl (C=O) groups is 1. The molecule has 8 heteroatoms. The molecule has 6 nitrogen and oxygen atoms in total. The quantitative estimate of drug-likeness (QED) is 0.536. The number of ether oxygens (including phenoxy) is 1. The maximum Gasteiger partial charge on any atom is 0.261 e. The van der Waals surface area contributed by atoms with Crippen molar-refractivity contribution >= 4 is 15.7 Å². The maximum absolute atomic E-state index is 13.2. The minimum Gasteiger partial charge on any atom is -0.484 e. The van der Waals surface area contributed by atoms with Crippen LogP contribution in [-0.2, 0) is 21.2 Å². The first kappa shape index (κ1) is 22.1. The van der Waals surface area contributed by atoms with Gasteiger partial charge in [0.25, 0.3) is 5.91 Å². The number of hydrogen-bond acceptors (Lipinski definition) is 5. The van der Waals surface area contributed by atoms with Crippen LogP contribution in [0.2, 0.25) is 0 Å². The van der Waals surface area contributed by atoms with Gasteiger partial charge in [-0.25, -0.2) is 12.8 Å². The topological polar surface area (TPSA) is 76.8 Å². The Kier molecular flexibility index (Phi) is 6.32. The van der Waals surface area contributed by atoms with Crippen molar-refractivity contribution in [3.05, 3.63) is 77.8 Å². The second kappa shape index (κ2) is 9.16. The number of furan rings is 1. The molecule has 0 saturated carbocycles. The minimum atomic E-state index is -3.18. The van der Waals surface area contributed by atoms with Crippen LogP contribution >= 0.6 is 0 Å². The molecule has 2 heterocycles. The Labute approximate surface area is 186 Å². The third kappa shape index (κ3) is 5.37. The number of hydrogen-bond donors (Lipinski definition) is 0. The molecule has 1 aliphatic heterocycles. The number of nitrogens with zero attached hydrogens (tertiary/aromatic N) is 1. The van der Waals surface area contributed by atoms with Gasteiger partial charge >= 0.3 is 0 Å². The lowest BCUT2D eigenvalue weighted by atomic mass is 10.2. The van der Waals surface area contributed by atoms with Crippen LogP contribution in [0.4, 0.5) is 4.39 Å². The number of amides is 1. The molecule has 168 valence electrons. The predicted molar refractivity (Wildman–Crippen MR) is 118 cm³/mol. The average Bonchev–Trinajstić information content (AvgIpc) is 3.37. The zero-order valence-electron chi connectivity index (χ0n) is 17.7. The molecular weight excluding hydrogens is 433 g/mol. The van der Waals surface area contributed by atoms with Gasteiger partial charge in [0.05, 0.1) is 18.1 Å². The maximum atomic E-state index is 13.2. The molecule has 0 spiro atoms. The highest BCUT2D eigenvalue weighted by Crippen LogP contribution is 2.26. The third-order valence-corrected chi connectivity index (χ3v) is 7.19. The predicted octanol–water partition coefficient (Wildman–Crippen LogP) is 3.99. The lowest BCUT2D eigenvalue weighted by Gasteiger charge is -2.27. The minimum absolute atomic E-state index is 0.0547. The molecule has 3 aromatic rings. The summed E-state index contributed by atoms with van der Waals surface area (Å²) in [6.07, 6.45) is 0.379. The molecule has 0 unspecified atom stereocenters. The van der Waals surface area contributed by atoms with E-state index in [1.807, 2.05) is 25.1 Å². The molecule has 1 amide bonds. The fourth-order valence-corrected chi connectivity index (χ4v) is 5.51. The van der Waals surface area contributed by atoms with Crippen molar-refractivity contribution in [2.24, 2.45) is 0 Å². The van der Waals surface area contributed by atoms with Crippen LogP contribution in [0.15, 0.2) is 65.1 Å². The highest BCUT2D eigenvalue weighted by molar-refractivity contribution is 7.91. The number of carbonyl (C=O) groups excluding carboxylic acids is 1. The fraction of sp³-hybridized carbons (Fsp3) is 0.292. The molecule has 32 heavy (non-hydrogen) atoms. The van der Waals surface area contributed by atoms with Crippen LogP contribution in [0.3, 0.4) is 0 Å². The van der Waals surface area contributed by atoms with Crippen LogP contribution in [0.25, 0.3) is 11.3 Å². The van der Waals surface area contributed by atoms with Crippen molar-refractivity contribution in [1.82, 2.24) is 4.90 Å². The molecule has 0 bridgehead atoms. The Balaban J connectivity index is 1.50. The van der Waals surface area contributed by atoms with Gasteiger partial charge in [0, 0.05) is 11.6 Å². The van der Waals surface area contributed by atoms with Crippen LogP contribution in [-0.4, -0.2) is 43.4 Å². The van der Waals surface area contributed by atoms with Crippen LogP contribution in [0.1, 0.15) is 17.7 Å². The summed E-state index contributed by atoms with van der Waals surface area (Å²) < 4.78 is 48.8. The van der Waals surface area contributed by atoms with Crippen molar-refractivity contribution in [3.8, 4) is 17.1 Å². The van der Waals surface area contributed by atoms with E-state index in [-0.39, 0.29) is 36.4 Å². The largest absolute Gasteiger partial charge is 0.484 e. The molecule has 0 N–H and O–H groups in total. The lowest BCUT2D eigenvalue weighted by molar-refractivity contribution is -0.136. The first-order valence-corrected chi connectivity index (χ1v) is 12.2. The van der Waals surface area contributed by atoms with E-state index in [1.165, 1.54) is 17.0 Å². The first-order valence-electron chi connectivity index (χ1n) is 10.3. The molecule has 1 aliphatic rings. The number of sulfone groups is 1. The molecular formula is C24H24FNO5S. The Morgan fingerprint density at radius 3 is 2.62 bits per heavy atom. The Bertz CT molecular complexity index is 1200. The SMILES string of the molecule is Cc1cccc(OCC(=O)N(Cc2ccc(-c3ccc(F)cc3)o2)[C@H]2CCS(=O)(=O)C2)c1. The fourth-order valence-electron chi connectivity index (χ4n) is 3.78. The Hall–Kier alpha value is -3.13. The standard InChI is InChI=1S/C24H24FNO5S/c1-17-3-2-4-21(13-17)30-15-24(27)26(20-11-12-32(28,29)16-20)14-22-9-10-23(31-22)18-5-7-19(25)8-6-18/h2-10,13,20H,11-12,14-16H2,1H3/t20-/m0/s1. The summed E-state index contributed by atoms with van der Waals surface area (Å²) in [6, 6.07) is 16.3. The average molecular weight is 458 g/mol. The summed E-state index contributed by atoms with van der Waals surface area (Å²) in [7, 11) is -3.18. The second-order valence-corrected chi connectivity index (χ2v) is 10.2. The number of benzene rings is 2. The van der Waals surface area contributed by atoms with Gasteiger partial charge in [-0.2, -0.15) is 0 Å². The molecule has 1 saturated heterocycles. The van der Waals surface area contributed by atoms with Gasteiger partial charge in [-0.1, -0.05) is 12.1 Å². The smallest absolute Gasteiger partial charge is 0.261 e. The molecule has 2 aromatic carbocycles. The Morgan fingerprint density at radius 1 is 1.16 bits per heavy atom. The van der Waals surface area contributed by atoms with E-state index in [0.717, 1.165) is 5.56 Å². The number of halogens is 1.